The number of nitrogens with one attached hydrogen (secondary N) is 1. The molecule has 3 heteroatoms. The van der Waals surface area contributed by atoms with E-state index >= 15 is 0 Å². The van der Waals surface area contributed by atoms with E-state index in [0.29, 0.717) is 17.8 Å². The molecule has 174 valence electrons. The zero-order valence-corrected chi connectivity index (χ0v) is 20.7. The van der Waals surface area contributed by atoms with Crippen LogP contribution in [0.3, 0.4) is 0 Å². The van der Waals surface area contributed by atoms with E-state index < -0.39 is 0 Å². The molecule has 4 aliphatic carbocycles. The summed E-state index contributed by atoms with van der Waals surface area (Å²) in [7, 11) is 0. The van der Waals surface area contributed by atoms with E-state index in [1.165, 1.54) is 18.4 Å². The van der Waals surface area contributed by atoms with Crippen molar-refractivity contribution >= 4 is 5.91 Å². The Bertz CT molecular complexity index is 1040. The van der Waals surface area contributed by atoms with E-state index in [4.69, 9.17) is 0 Å². The molecule has 2 saturated carbocycles. The van der Waals surface area contributed by atoms with Crippen molar-refractivity contribution in [3.05, 3.63) is 59.2 Å². The van der Waals surface area contributed by atoms with Crippen LogP contribution in [0.1, 0.15) is 78.2 Å². The van der Waals surface area contributed by atoms with Crippen LogP contribution < -0.4 is 5.32 Å². The normalized spacial score (nSPS) is 37.5. The van der Waals surface area contributed by atoms with Gasteiger partial charge < -0.3 is 5.32 Å². The van der Waals surface area contributed by atoms with E-state index in [0.717, 1.165) is 43.2 Å². The van der Waals surface area contributed by atoms with E-state index in [2.05, 4.69) is 63.4 Å². The quantitative estimate of drug-likeness (QED) is 0.568. The summed E-state index contributed by atoms with van der Waals surface area (Å²) in [6, 6.07) is 12.7. The number of carbonyl (C=O) groups is 1. The maximum absolute atomic E-state index is 13.7. The second kappa shape index (κ2) is 7.86. The highest BCUT2D eigenvalue weighted by atomic mass is 16.2. The number of hydrogen-bond acceptors (Lipinski definition) is 2. The Morgan fingerprint density at radius 3 is 2.58 bits per heavy atom. The number of nitriles is 1. The standard InChI is InChI=1S/C30H38N2O/c1-28(2,21-8-6-5-7-9-21)32-27(33)26-13-12-24-23-11-10-22-18-20(19-31)14-16-29(22,3)25(23)15-17-30(24,26)4/h5-10,18,23-26H,11-17H2,1-4H3,(H,32,33)/t23-,24-,25-,26+,29-,30-/m0/s1. The first-order chi connectivity index (χ1) is 15.7. The molecule has 0 aromatic heterocycles. The van der Waals surface area contributed by atoms with Gasteiger partial charge in [0.2, 0.25) is 5.91 Å². The Morgan fingerprint density at radius 2 is 1.85 bits per heavy atom. The predicted octanol–water partition coefficient (Wildman–Crippen LogP) is 6.68. The highest BCUT2D eigenvalue weighted by molar-refractivity contribution is 5.81. The summed E-state index contributed by atoms with van der Waals surface area (Å²) >= 11 is 0. The third-order valence-electron chi connectivity index (χ3n) is 10.2. The van der Waals surface area contributed by atoms with Crippen LogP contribution >= 0.6 is 0 Å². The van der Waals surface area contributed by atoms with E-state index in [9.17, 15) is 10.1 Å². The van der Waals surface area contributed by atoms with Gasteiger partial charge in [0.15, 0.2) is 0 Å². The van der Waals surface area contributed by atoms with E-state index in [1.54, 1.807) is 0 Å². The minimum Gasteiger partial charge on any atom is -0.347 e. The summed E-state index contributed by atoms with van der Waals surface area (Å²) in [4.78, 5) is 13.7. The molecular formula is C30H38N2O. The van der Waals surface area contributed by atoms with Gasteiger partial charge >= 0.3 is 0 Å². The first-order valence-electron chi connectivity index (χ1n) is 12.9. The fourth-order valence-electron chi connectivity index (χ4n) is 8.17. The lowest BCUT2D eigenvalue weighted by molar-refractivity contribution is -0.133. The molecule has 3 nitrogen and oxygen atoms in total. The Balaban J connectivity index is 1.37. The fourth-order valence-corrected chi connectivity index (χ4v) is 8.17. The van der Waals surface area contributed by atoms with Crippen LogP contribution in [0.25, 0.3) is 0 Å². The minimum absolute atomic E-state index is 0.0854. The Labute approximate surface area is 199 Å². The van der Waals surface area contributed by atoms with Gasteiger partial charge in [0, 0.05) is 11.5 Å². The molecule has 1 N–H and O–H groups in total. The number of carbonyl (C=O) groups excluding carboxylic acids is 1. The topological polar surface area (TPSA) is 52.9 Å². The Morgan fingerprint density at radius 1 is 1.09 bits per heavy atom. The minimum atomic E-state index is -0.368. The van der Waals surface area contributed by atoms with Crippen molar-refractivity contribution in [3.8, 4) is 6.07 Å². The maximum atomic E-state index is 13.7. The van der Waals surface area contributed by atoms with E-state index in [-0.39, 0.29) is 28.2 Å². The van der Waals surface area contributed by atoms with Gasteiger partial charge in [0.1, 0.15) is 0 Å². The Kier molecular flexibility index (Phi) is 5.35. The highest BCUT2D eigenvalue weighted by Crippen LogP contribution is 2.66. The van der Waals surface area contributed by atoms with Gasteiger partial charge in [-0.15, -0.1) is 0 Å². The third kappa shape index (κ3) is 3.49. The number of allylic oxidation sites excluding steroid dienone is 4. The molecule has 33 heavy (non-hydrogen) atoms. The zero-order valence-electron chi connectivity index (χ0n) is 20.7. The number of fused-ring (bicyclic) bond motifs is 5. The number of benzene rings is 1. The molecule has 0 saturated heterocycles. The molecule has 1 amide bonds. The van der Waals surface area contributed by atoms with Gasteiger partial charge in [-0.25, -0.2) is 0 Å². The van der Waals surface area contributed by atoms with Gasteiger partial charge in [-0.3, -0.25) is 4.79 Å². The fraction of sp³-hybridized carbons (Fsp3) is 0.600. The average Bonchev–Trinajstić information content (AvgIpc) is 3.16. The van der Waals surface area contributed by atoms with Crippen molar-refractivity contribution < 1.29 is 4.79 Å². The number of amides is 1. The summed E-state index contributed by atoms with van der Waals surface area (Å²) < 4.78 is 0. The molecule has 0 unspecified atom stereocenters. The van der Waals surface area contributed by atoms with Crippen molar-refractivity contribution in [1.82, 2.24) is 5.32 Å². The van der Waals surface area contributed by atoms with Crippen LogP contribution in [0.5, 0.6) is 0 Å². The highest BCUT2D eigenvalue weighted by Gasteiger charge is 2.59. The van der Waals surface area contributed by atoms with Crippen LogP contribution in [0.15, 0.2) is 53.6 Å². The summed E-state index contributed by atoms with van der Waals surface area (Å²) in [5, 5.41) is 12.8. The molecule has 5 rings (SSSR count). The summed E-state index contributed by atoms with van der Waals surface area (Å²) in [6.45, 7) is 9.10. The molecule has 6 atom stereocenters. The zero-order chi connectivity index (χ0) is 23.4. The molecular weight excluding hydrogens is 404 g/mol. The first kappa shape index (κ1) is 22.5. The van der Waals surface area contributed by atoms with Crippen LogP contribution in [-0.2, 0) is 10.3 Å². The SMILES string of the molecule is CC(C)(NC(=O)[C@H]1CC[C@H]2[C@@H]3CC=C4C=C(C#N)CC[C@]4(C)[C@H]3CC[C@]12C)c1ccccc1. The molecule has 0 aliphatic heterocycles. The second-order valence-corrected chi connectivity index (χ2v) is 12.1. The molecule has 0 bridgehead atoms. The van der Waals surface area contributed by atoms with Crippen LogP contribution in [0.2, 0.25) is 0 Å². The summed E-state index contributed by atoms with van der Waals surface area (Å²) in [5.41, 5.74) is 3.42. The number of nitrogens with zero attached hydrogens (tertiary/aromatic N) is 1. The molecule has 1 aromatic carbocycles. The molecule has 0 heterocycles. The monoisotopic (exact) mass is 442 g/mol. The molecule has 4 aliphatic rings. The van der Waals surface area contributed by atoms with Crippen LogP contribution in [0.4, 0.5) is 0 Å². The van der Waals surface area contributed by atoms with Crippen molar-refractivity contribution in [2.24, 2.45) is 34.5 Å². The van der Waals surface area contributed by atoms with Crippen molar-refractivity contribution in [1.29, 1.82) is 5.26 Å². The van der Waals surface area contributed by atoms with Crippen LogP contribution in [0, 0.1) is 45.8 Å². The largest absolute Gasteiger partial charge is 0.347 e. The average molecular weight is 443 g/mol. The van der Waals surface area contributed by atoms with Crippen molar-refractivity contribution in [2.75, 3.05) is 0 Å². The molecule has 2 fully saturated rings. The van der Waals surface area contributed by atoms with E-state index in [1.807, 2.05) is 18.2 Å². The van der Waals surface area contributed by atoms with Crippen LogP contribution in [-0.4, -0.2) is 5.91 Å². The lowest BCUT2D eigenvalue weighted by atomic mass is 9.48. The van der Waals surface area contributed by atoms with Gasteiger partial charge in [0.05, 0.1) is 11.6 Å². The van der Waals surface area contributed by atoms with Crippen molar-refractivity contribution in [2.45, 2.75) is 78.2 Å². The number of hydrogen-bond donors (Lipinski definition) is 1. The Hall–Kier alpha value is -2.34. The lowest BCUT2D eigenvalue weighted by Crippen LogP contribution is -2.52. The lowest BCUT2D eigenvalue weighted by Gasteiger charge is -2.57. The molecule has 0 radical (unpaired) electrons. The maximum Gasteiger partial charge on any atom is 0.224 e. The van der Waals surface area contributed by atoms with Gasteiger partial charge in [-0.05, 0) is 105 Å². The summed E-state index contributed by atoms with van der Waals surface area (Å²) in [6.07, 6.45) is 12.3. The first-order valence-corrected chi connectivity index (χ1v) is 12.9. The van der Waals surface area contributed by atoms with Crippen molar-refractivity contribution in [3.63, 3.8) is 0 Å². The predicted molar refractivity (Wildman–Crippen MR) is 132 cm³/mol. The smallest absolute Gasteiger partial charge is 0.224 e. The second-order valence-electron chi connectivity index (χ2n) is 12.1. The van der Waals surface area contributed by atoms with Gasteiger partial charge in [-0.2, -0.15) is 5.26 Å². The van der Waals surface area contributed by atoms with Gasteiger partial charge in [-0.1, -0.05) is 50.3 Å². The number of rotatable bonds is 3. The third-order valence-corrected chi connectivity index (χ3v) is 10.2. The van der Waals surface area contributed by atoms with Gasteiger partial charge in [0.25, 0.3) is 0 Å². The summed E-state index contributed by atoms with van der Waals surface area (Å²) in [5.74, 6) is 2.29. The molecule has 1 aromatic rings. The molecule has 0 spiro atoms.